The Balaban J connectivity index is 1.46. The molecule has 0 aromatic rings. The molecular weight excluding hydrogens is 416 g/mol. The van der Waals surface area contributed by atoms with Crippen molar-refractivity contribution in [2.75, 3.05) is 5.75 Å². The minimum absolute atomic E-state index is 0.0857. The molecule has 0 radical (unpaired) electrons. The lowest BCUT2D eigenvalue weighted by Crippen LogP contribution is -2.51. The molecule has 3 fully saturated rings. The summed E-state index contributed by atoms with van der Waals surface area (Å²) >= 11 is 1.49. The Labute approximate surface area is 199 Å². The van der Waals surface area contributed by atoms with E-state index in [4.69, 9.17) is 4.74 Å². The molecule has 4 heteroatoms. The van der Waals surface area contributed by atoms with Gasteiger partial charge in [0.05, 0.1) is 0 Å². The summed E-state index contributed by atoms with van der Waals surface area (Å²) in [7, 11) is 0. The SMILES string of the molecule is CCSC(=O)CCC(C)C1CCC2C3CC=C4CC(OC(C)=O)CCC4(C)C3CCC12C. The maximum absolute atomic E-state index is 12.1. The molecule has 3 nitrogen and oxygen atoms in total. The van der Waals surface area contributed by atoms with E-state index < -0.39 is 0 Å². The largest absolute Gasteiger partial charge is 0.462 e. The van der Waals surface area contributed by atoms with Crippen molar-refractivity contribution in [3.05, 3.63) is 11.6 Å². The predicted molar refractivity (Wildman–Crippen MR) is 132 cm³/mol. The normalized spacial score (nSPS) is 41.7. The first-order valence-electron chi connectivity index (χ1n) is 13.2. The van der Waals surface area contributed by atoms with E-state index in [0.717, 1.165) is 55.1 Å². The summed E-state index contributed by atoms with van der Waals surface area (Å²) < 4.78 is 5.60. The van der Waals surface area contributed by atoms with Crippen LogP contribution in [0.5, 0.6) is 0 Å². The van der Waals surface area contributed by atoms with Crippen LogP contribution in [-0.2, 0) is 14.3 Å². The number of hydrogen-bond acceptors (Lipinski definition) is 4. The van der Waals surface area contributed by atoms with Crippen LogP contribution in [0.2, 0.25) is 0 Å². The Morgan fingerprint density at radius 3 is 2.66 bits per heavy atom. The van der Waals surface area contributed by atoms with E-state index in [-0.39, 0.29) is 12.1 Å². The van der Waals surface area contributed by atoms with Gasteiger partial charge in [-0.1, -0.05) is 51.1 Å². The van der Waals surface area contributed by atoms with Gasteiger partial charge < -0.3 is 4.74 Å². The van der Waals surface area contributed by atoms with E-state index in [2.05, 4.69) is 33.8 Å². The summed E-state index contributed by atoms with van der Waals surface area (Å²) in [6.45, 7) is 11.2. The van der Waals surface area contributed by atoms with Gasteiger partial charge in [0.15, 0.2) is 5.12 Å². The molecule has 0 aromatic heterocycles. The first-order valence-corrected chi connectivity index (χ1v) is 14.2. The van der Waals surface area contributed by atoms with Gasteiger partial charge in [-0.25, -0.2) is 0 Å². The summed E-state index contributed by atoms with van der Waals surface area (Å²) in [5.74, 6) is 4.60. The van der Waals surface area contributed by atoms with Gasteiger partial charge in [-0.05, 0) is 97.5 Å². The highest BCUT2D eigenvalue weighted by molar-refractivity contribution is 8.13. The van der Waals surface area contributed by atoms with Crippen LogP contribution >= 0.6 is 11.8 Å². The number of allylic oxidation sites excluding steroid dienone is 1. The molecule has 0 aliphatic heterocycles. The van der Waals surface area contributed by atoms with Crippen molar-refractivity contribution in [3.63, 3.8) is 0 Å². The lowest BCUT2D eigenvalue weighted by molar-refractivity contribution is -0.148. The van der Waals surface area contributed by atoms with Crippen molar-refractivity contribution < 1.29 is 14.3 Å². The predicted octanol–water partition coefficient (Wildman–Crippen LogP) is 7.19. The molecule has 3 saturated carbocycles. The fourth-order valence-corrected chi connectivity index (χ4v) is 9.30. The minimum Gasteiger partial charge on any atom is -0.462 e. The molecule has 180 valence electrons. The van der Waals surface area contributed by atoms with Gasteiger partial charge in [0.2, 0.25) is 0 Å². The molecule has 0 N–H and O–H groups in total. The van der Waals surface area contributed by atoms with Crippen LogP contribution in [0.25, 0.3) is 0 Å². The van der Waals surface area contributed by atoms with Gasteiger partial charge in [-0.3, -0.25) is 9.59 Å². The quantitative estimate of drug-likeness (QED) is 0.311. The van der Waals surface area contributed by atoms with Crippen molar-refractivity contribution in [1.29, 1.82) is 0 Å². The first kappa shape index (κ1) is 24.4. The van der Waals surface area contributed by atoms with Crippen molar-refractivity contribution >= 4 is 22.8 Å². The highest BCUT2D eigenvalue weighted by Crippen LogP contribution is 2.67. The van der Waals surface area contributed by atoms with Gasteiger partial charge >= 0.3 is 5.97 Å². The molecular formula is C28H44O3S. The van der Waals surface area contributed by atoms with Crippen LogP contribution in [0.3, 0.4) is 0 Å². The second-order valence-electron chi connectivity index (χ2n) is 11.8. The Kier molecular flexibility index (Phi) is 7.21. The third kappa shape index (κ3) is 4.34. The van der Waals surface area contributed by atoms with Crippen LogP contribution in [0.15, 0.2) is 11.6 Å². The van der Waals surface area contributed by atoms with Crippen LogP contribution in [0.1, 0.15) is 98.8 Å². The molecule has 0 bridgehead atoms. The van der Waals surface area contributed by atoms with Gasteiger partial charge in [-0.2, -0.15) is 0 Å². The van der Waals surface area contributed by atoms with E-state index in [0.29, 0.717) is 21.9 Å². The highest BCUT2D eigenvalue weighted by Gasteiger charge is 2.59. The maximum atomic E-state index is 12.1. The molecule has 8 unspecified atom stereocenters. The average molecular weight is 461 g/mol. The standard InChI is InChI=1S/C28H44O3S/c1-6-32-26(30)12-7-18(2)23-10-11-24-22-9-8-20-17-21(31-19(3)29)13-15-27(20,4)25(22)14-16-28(23,24)5/h8,18,21-25H,6-7,9-17H2,1-5H3. The number of fused-ring (bicyclic) bond motifs is 5. The zero-order chi connectivity index (χ0) is 23.1. The number of esters is 1. The smallest absolute Gasteiger partial charge is 0.302 e. The van der Waals surface area contributed by atoms with E-state index >= 15 is 0 Å². The summed E-state index contributed by atoms with van der Waals surface area (Å²) in [6.07, 6.45) is 14.2. The Morgan fingerprint density at radius 1 is 1.16 bits per heavy atom. The molecule has 0 heterocycles. The van der Waals surface area contributed by atoms with Crippen LogP contribution < -0.4 is 0 Å². The van der Waals surface area contributed by atoms with E-state index in [1.165, 1.54) is 57.2 Å². The third-order valence-electron chi connectivity index (χ3n) is 10.3. The zero-order valence-electron chi connectivity index (χ0n) is 21.0. The maximum Gasteiger partial charge on any atom is 0.302 e. The molecule has 0 aromatic carbocycles. The summed E-state index contributed by atoms with van der Waals surface area (Å²) in [5.41, 5.74) is 2.32. The molecule has 4 aliphatic carbocycles. The number of carbonyl (C=O) groups excluding carboxylic acids is 2. The molecule has 8 atom stereocenters. The fourth-order valence-electron chi connectivity index (χ4n) is 8.72. The lowest BCUT2D eigenvalue weighted by atomic mass is 9.47. The summed E-state index contributed by atoms with van der Waals surface area (Å²) in [6, 6.07) is 0. The fraction of sp³-hybridized carbons (Fsp3) is 0.857. The molecule has 0 amide bonds. The number of ether oxygens (including phenoxy) is 1. The van der Waals surface area contributed by atoms with E-state index in [9.17, 15) is 9.59 Å². The minimum atomic E-state index is -0.137. The van der Waals surface area contributed by atoms with Crippen LogP contribution in [0, 0.1) is 40.4 Å². The highest BCUT2D eigenvalue weighted by atomic mass is 32.2. The van der Waals surface area contributed by atoms with Crippen molar-refractivity contribution in [2.24, 2.45) is 40.4 Å². The van der Waals surface area contributed by atoms with Gasteiger partial charge in [0.25, 0.3) is 0 Å². The molecule has 32 heavy (non-hydrogen) atoms. The second kappa shape index (κ2) is 9.47. The van der Waals surface area contributed by atoms with Gasteiger partial charge in [-0.15, -0.1) is 0 Å². The van der Waals surface area contributed by atoms with E-state index in [1.807, 2.05) is 0 Å². The van der Waals surface area contributed by atoms with Gasteiger partial charge in [0, 0.05) is 19.8 Å². The molecule has 0 saturated heterocycles. The van der Waals surface area contributed by atoms with Crippen molar-refractivity contribution in [1.82, 2.24) is 0 Å². The third-order valence-corrected chi connectivity index (χ3v) is 11.1. The van der Waals surface area contributed by atoms with Crippen LogP contribution in [-0.4, -0.2) is 22.9 Å². The Bertz CT molecular complexity index is 760. The number of carbonyl (C=O) groups is 2. The first-order chi connectivity index (χ1) is 15.2. The van der Waals surface area contributed by atoms with E-state index in [1.54, 1.807) is 5.57 Å². The number of hydrogen-bond donors (Lipinski definition) is 0. The Hall–Kier alpha value is -0.770. The number of thioether (sulfide) groups is 1. The lowest BCUT2D eigenvalue weighted by Gasteiger charge is -2.58. The van der Waals surface area contributed by atoms with Crippen molar-refractivity contribution in [2.45, 2.75) is 105 Å². The zero-order valence-corrected chi connectivity index (χ0v) is 21.8. The van der Waals surface area contributed by atoms with Gasteiger partial charge in [0.1, 0.15) is 6.10 Å². The Morgan fingerprint density at radius 2 is 1.94 bits per heavy atom. The topological polar surface area (TPSA) is 43.4 Å². The second-order valence-corrected chi connectivity index (χ2v) is 13.1. The summed E-state index contributed by atoms with van der Waals surface area (Å²) in [5, 5.41) is 0.380. The summed E-state index contributed by atoms with van der Waals surface area (Å²) in [4.78, 5) is 23.6. The average Bonchev–Trinajstić information content (AvgIpc) is 3.09. The molecule has 4 aliphatic rings. The molecule has 4 rings (SSSR count). The monoisotopic (exact) mass is 460 g/mol. The number of rotatable bonds is 6. The van der Waals surface area contributed by atoms with Crippen LogP contribution in [0.4, 0.5) is 0 Å². The molecule has 0 spiro atoms. The van der Waals surface area contributed by atoms with Crippen molar-refractivity contribution in [3.8, 4) is 0 Å².